The van der Waals surface area contributed by atoms with Gasteiger partial charge >= 0.3 is 0 Å². The molecule has 0 bridgehead atoms. The number of para-hydroxylation sites is 1. The summed E-state index contributed by atoms with van der Waals surface area (Å²) in [6, 6.07) is 19.4. The first kappa shape index (κ1) is 21.2. The van der Waals surface area contributed by atoms with Crippen LogP contribution in [0, 0.1) is 11.3 Å². The van der Waals surface area contributed by atoms with Gasteiger partial charge in [-0.2, -0.15) is 5.26 Å². The molecule has 0 aliphatic heterocycles. The fourth-order valence-electron chi connectivity index (χ4n) is 3.03. The number of aromatic amines is 1. The molecule has 0 saturated heterocycles. The summed E-state index contributed by atoms with van der Waals surface area (Å²) in [5.74, 6) is 0.708. The first-order chi connectivity index (χ1) is 15.0. The lowest BCUT2D eigenvalue weighted by Crippen LogP contribution is -2.12. The maximum atomic E-state index is 13.0. The van der Waals surface area contributed by atoms with Crippen LogP contribution in [0.5, 0.6) is 0 Å². The summed E-state index contributed by atoms with van der Waals surface area (Å²) >= 11 is 6.34. The normalized spacial score (nSPS) is 10.7. The van der Waals surface area contributed by atoms with Gasteiger partial charge in [0.05, 0.1) is 16.8 Å². The van der Waals surface area contributed by atoms with Crippen molar-refractivity contribution in [3.05, 3.63) is 75.1 Å². The van der Waals surface area contributed by atoms with Crippen LogP contribution in [0.2, 0.25) is 0 Å². The number of rotatable bonds is 5. The fourth-order valence-corrected chi connectivity index (χ4v) is 5.43. The molecule has 2 aromatic carbocycles. The summed E-state index contributed by atoms with van der Waals surface area (Å²) in [5.41, 5.74) is 14.6. The number of fused-ring (bicyclic) bond motifs is 1. The van der Waals surface area contributed by atoms with Gasteiger partial charge in [0.25, 0.3) is 11.7 Å². The van der Waals surface area contributed by atoms with Crippen LogP contribution in [0.3, 0.4) is 0 Å². The van der Waals surface area contributed by atoms with Crippen molar-refractivity contribution in [2.45, 2.75) is 10.6 Å². The van der Waals surface area contributed by atoms with Crippen LogP contribution >= 0.6 is 39.0 Å². The minimum absolute atomic E-state index is 0.248. The number of anilines is 3. The standard InChI is InChI=1S/C22H16BrN5OS2/c23-14-5-3-4-12(8-14)11-30-17-7-2-1-6-16(17)27-21(29)19-18(25)15-9-13(10-24)20(26)28-22(15)31-19/h1-9H,11,25H2,(H2,26,28)(H,27,29)/p+1. The van der Waals surface area contributed by atoms with Crippen LogP contribution in [0.1, 0.15) is 20.8 Å². The van der Waals surface area contributed by atoms with Crippen molar-refractivity contribution in [3.8, 4) is 6.07 Å². The number of thioether (sulfide) groups is 1. The Bertz CT molecular complexity index is 1350. The Morgan fingerprint density at radius 1 is 1.19 bits per heavy atom. The molecule has 1 amide bonds. The second-order valence-electron chi connectivity index (χ2n) is 6.67. The smallest absolute Gasteiger partial charge is 0.289 e. The Morgan fingerprint density at radius 2 is 2.00 bits per heavy atom. The van der Waals surface area contributed by atoms with Crippen LogP contribution in [0.15, 0.2) is 64.0 Å². The van der Waals surface area contributed by atoms with E-state index in [0.29, 0.717) is 32.0 Å². The first-order valence-corrected chi connectivity index (χ1v) is 11.8. The van der Waals surface area contributed by atoms with E-state index in [4.69, 9.17) is 11.5 Å². The second-order valence-corrected chi connectivity index (χ2v) is 9.62. The number of aromatic nitrogens is 1. The fraction of sp³-hybridized carbons (Fsp3) is 0.0455. The van der Waals surface area contributed by atoms with E-state index in [9.17, 15) is 10.1 Å². The molecule has 0 radical (unpaired) electrons. The largest absolute Gasteiger partial charge is 0.397 e. The van der Waals surface area contributed by atoms with Crippen molar-refractivity contribution in [1.29, 1.82) is 5.26 Å². The number of nitrogens with one attached hydrogen (secondary N) is 2. The molecule has 0 aliphatic carbocycles. The molecule has 0 aliphatic rings. The minimum Gasteiger partial charge on any atom is -0.397 e. The van der Waals surface area contributed by atoms with Crippen molar-refractivity contribution in [2.24, 2.45) is 0 Å². The molecular weight excluding hydrogens is 494 g/mol. The average molecular weight is 511 g/mol. The van der Waals surface area contributed by atoms with E-state index in [0.717, 1.165) is 15.1 Å². The van der Waals surface area contributed by atoms with Gasteiger partial charge in [0.15, 0.2) is 4.83 Å². The summed E-state index contributed by atoms with van der Waals surface area (Å²) in [4.78, 5) is 17.9. The maximum Gasteiger partial charge on any atom is 0.289 e. The van der Waals surface area contributed by atoms with Gasteiger partial charge < -0.3 is 11.1 Å². The number of carbonyl (C=O) groups is 1. The number of nitrogens with two attached hydrogens (primary N) is 2. The molecule has 4 rings (SSSR count). The SMILES string of the molecule is N#Cc1cc2c(N)c(C(=O)Nc3ccccc3SCc3cccc(Br)c3)sc2[nH+]c1N. The second kappa shape index (κ2) is 8.98. The van der Waals surface area contributed by atoms with Crippen LogP contribution in [0.25, 0.3) is 10.2 Å². The predicted molar refractivity (Wildman–Crippen MR) is 130 cm³/mol. The van der Waals surface area contributed by atoms with Gasteiger partial charge in [-0.3, -0.25) is 10.5 Å². The maximum absolute atomic E-state index is 13.0. The van der Waals surface area contributed by atoms with E-state index in [1.807, 2.05) is 42.5 Å². The van der Waals surface area contributed by atoms with Gasteiger partial charge in [0.1, 0.15) is 16.5 Å². The molecule has 6 nitrogen and oxygen atoms in total. The molecule has 0 saturated carbocycles. The molecule has 0 unspecified atom stereocenters. The number of thiophene rings is 1. The molecule has 0 fully saturated rings. The number of carbonyl (C=O) groups excluding carboxylic acids is 1. The molecule has 0 spiro atoms. The van der Waals surface area contributed by atoms with E-state index in [1.54, 1.807) is 17.8 Å². The number of halogens is 1. The third-order valence-corrected chi connectivity index (χ3v) is 7.33. The van der Waals surface area contributed by atoms with Crippen molar-refractivity contribution in [2.75, 3.05) is 16.8 Å². The van der Waals surface area contributed by atoms with E-state index in [1.165, 1.54) is 16.9 Å². The number of nitriles is 1. The molecule has 4 aromatic rings. The predicted octanol–water partition coefficient (Wildman–Crippen LogP) is 5.06. The Labute approximate surface area is 195 Å². The van der Waals surface area contributed by atoms with E-state index >= 15 is 0 Å². The number of pyridine rings is 1. The number of amides is 1. The highest BCUT2D eigenvalue weighted by molar-refractivity contribution is 9.10. The molecule has 0 atom stereocenters. The van der Waals surface area contributed by atoms with Gasteiger partial charge in [-0.15, -0.1) is 11.8 Å². The molecule has 2 heterocycles. The highest BCUT2D eigenvalue weighted by Gasteiger charge is 2.21. The highest BCUT2D eigenvalue weighted by atomic mass is 79.9. The van der Waals surface area contributed by atoms with Crippen molar-refractivity contribution >= 4 is 72.3 Å². The zero-order valence-corrected chi connectivity index (χ0v) is 19.3. The summed E-state index contributed by atoms with van der Waals surface area (Å²) in [6.45, 7) is 0. The van der Waals surface area contributed by atoms with Crippen molar-refractivity contribution in [1.82, 2.24) is 0 Å². The monoisotopic (exact) mass is 510 g/mol. The zero-order valence-electron chi connectivity index (χ0n) is 16.1. The lowest BCUT2D eigenvalue weighted by atomic mass is 10.2. The van der Waals surface area contributed by atoms with Crippen LogP contribution < -0.4 is 21.8 Å². The molecular formula is C22H17BrN5OS2+. The lowest BCUT2D eigenvalue weighted by Gasteiger charge is -2.10. The van der Waals surface area contributed by atoms with Gasteiger partial charge in [0.2, 0.25) is 0 Å². The Kier molecular flexibility index (Phi) is 6.13. The van der Waals surface area contributed by atoms with E-state index < -0.39 is 0 Å². The lowest BCUT2D eigenvalue weighted by molar-refractivity contribution is -0.323. The summed E-state index contributed by atoms with van der Waals surface area (Å²) in [7, 11) is 0. The summed E-state index contributed by atoms with van der Waals surface area (Å²) in [6.07, 6.45) is 0. The number of H-pyrrole nitrogens is 1. The highest BCUT2D eigenvalue weighted by Crippen LogP contribution is 2.35. The minimum atomic E-state index is -0.306. The molecule has 154 valence electrons. The number of nitrogens with zero attached hydrogens (tertiary/aromatic N) is 1. The van der Waals surface area contributed by atoms with Crippen molar-refractivity contribution in [3.63, 3.8) is 0 Å². The number of hydrogen-bond donors (Lipinski definition) is 3. The van der Waals surface area contributed by atoms with Crippen LogP contribution in [-0.2, 0) is 5.75 Å². The van der Waals surface area contributed by atoms with Gasteiger partial charge in [-0.1, -0.05) is 51.5 Å². The van der Waals surface area contributed by atoms with Crippen LogP contribution in [0.4, 0.5) is 17.2 Å². The topological polar surface area (TPSA) is 119 Å². The van der Waals surface area contributed by atoms with Crippen LogP contribution in [-0.4, -0.2) is 5.91 Å². The quantitative estimate of drug-likeness (QED) is 0.324. The average Bonchev–Trinajstić information content (AvgIpc) is 3.08. The summed E-state index contributed by atoms with van der Waals surface area (Å²) in [5, 5.41) is 12.8. The molecule has 9 heteroatoms. The molecule has 31 heavy (non-hydrogen) atoms. The van der Waals surface area contributed by atoms with Gasteiger partial charge in [0, 0.05) is 15.1 Å². The van der Waals surface area contributed by atoms with E-state index in [-0.39, 0.29) is 11.7 Å². The van der Waals surface area contributed by atoms with Gasteiger partial charge in [-0.05, 0) is 35.9 Å². The first-order valence-electron chi connectivity index (χ1n) is 9.17. The van der Waals surface area contributed by atoms with Crippen molar-refractivity contribution < 1.29 is 9.78 Å². The Balaban J connectivity index is 1.58. The summed E-state index contributed by atoms with van der Waals surface area (Å²) < 4.78 is 1.03. The zero-order chi connectivity index (χ0) is 22.0. The van der Waals surface area contributed by atoms with E-state index in [2.05, 4.69) is 38.4 Å². The number of benzene rings is 2. The third kappa shape index (κ3) is 4.51. The third-order valence-electron chi connectivity index (χ3n) is 4.56. The number of hydrogen-bond acceptors (Lipinski definition) is 6. The number of nitrogen functional groups attached to an aromatic ring is 2. The molecule has 6 N–H and O–H groups in total. The molecule has 2 aromatic heterocycles. The Morgan fingerprint density at radius 3 is 2.77 bits per heavy atom. The van der Waals surface area contributed by atoms with Gasteiger partial charge in [-0.25, -0.2) is 4.98 Å². The Hall–Kier alpha value is -3.06.